The van der Waals surface area contributed by atoms with Crippen molar-refractivity contribution in [1.29, 1.82) is 0 Å². The predicted octanol–water partition coefficient (Wildman–Crippen LogP) is 3.14. The van der Waals surface area contributed by atoms with Crippen molar-refractivity contribution in [3.05, 3.63) is 54.1 Å². The van der Waals surface area contributed by atoms with E-state index in [-0.39, 0.29) is 12.5 Å². The van der Waals surface area contributed by atoms with Gasteiger partial charge in [-0.2, -0.15) is 0 Å². The molecule has 0 heterocycles. The smallest absolute Gasteiger partial charge is 0.255 e. The molecule has 2 aromatic carbocycles. The van der Waals surface area contributed by atoms with Crippen LogP contribution in [0.25, 0.3) is 11.1 Å². The van der Waals surface area contributed by atoms with Gasteiger partial charge in [-0.1, -0.05) is 30.7 Å². The molecule has 5 nitrogen and oxygen atoms in total. The summed E-state index contributed by atoms with van der Waals surface area (Å²) in [5.74, 6) is 1.51. The van der Waals surface area contributed by atoms with Gasteiger partial charge >= 0.3 is 0 Å². The third-order valence-electron chi connectivity index (χ3n) is 5.73. The molecule has 5 heteroatoms. The van der Waals surface area contributed by atoms with E-state index in [0.717, 1.165) is 23.5 Å². The maximum Gasteiger partial charge on any atom is 0.255 e. The fraction of sp³-hybridized carbons (Fsp3) is 0.364. The third-order valence-corrected chi connectivity index (χ3v) is 5.73. The Labute approximate surface area is 158 Å². The Morgan fingerprint density at radius 1 is 1.04 bits per heavy atom. The van der Waals surface area contributed by atoms with Gasteiger partial charge in [-0.3, -0.25) is 9.59 Å². The topological polar surface area (TPSA) is 81.4 Å². The zero-order valence-electron chi connectivity index (χ0n) is 15.2. The largest absolute Gasteiger partial charge is 0.484 e. The Bertz CT molecular complexity index is 864. The number of hydrogen-bond donors (Lipinski definition) is 2. The van der Waals surface area contributed by atoms with Gasteiger partial charge in [-0.25, -0.2) is 0 Å². The number of benzene rings is 2. The highest BCUT2D eigenvalue weighted by atomic mass is 16.5. The van der Waals surface area contributed by atoms with Crippen molar-refractivity contribution < 1.29 is 14.3 Å². The second-order valence-electron chi connectivity index (χ2n) is 7.62. The number of nitrogens with one attached hydrogen (secondary N) is 1. The lowest BCUT2D eigenvalue weighted by Gasteiger charge is -2.23. The maximum absolute atomic E-state index is 12.7. The van der Waals surface area contributed by atoms with E-state index in [1.165, 1.54) is 19.3 Å². The molecule has 2 fully saturated rings. The first-order valence-electron chi connectivity index (χ1n) is 9.51. The SMILES string of the molecule is NC(=O)COc1cccc(-c2cccc(C(=O)N[C@@H]3C[C@@H]4CC[C@H]3C4)c2)c1. The zero-order valence-corrected chi connectivity index (χ0v) is 15.2. The monoisotopic (exact) mass is 364 g/mol. The number of nitrogens with two attached hydrogens (primary N) is 1. The molecule has 3 N–H and O–H groups in total. The molecule has 2 aromatic rings. The van der Waals surface area contributed by atoms with Crippen LogP contribution in [0.15, 0.2) is 48.5 Å². The van der Waals surface area contributed by atoms with E-state index in [4.69, 9.17) is 10.5 Å². The molecule has 0 radical (unpaired) electrons. The van der Waals surface area contributed by atoms with Gasteiger partial charge in [0.2, 0.25) is 0 Å². The highest BCUT2D eigenvalue weighted by molar-refractivity contribution is 5.95. The lowest BCUT2D eigenvalue weighted by Crippen LogP contribution is -2.38. The van der Waals surface area contributed by atoms with Crippen LogP contribution < -0.4 is 15.8 Å². The molecule has 0 unspecified atom stereocenters. The average molecular weight is 364 g/mol. The van der Waals surface area contributed by atoms with Crippen LogP contribution in [0.1, 0.15) is 36.0 Å². The van der Waals surface area contributed by atoms with E-state index in [2.05, 4.69) is 5.32 Å². The number of ether oxygens (including phenoxy) is 1. The second-order valence-corrected chi connectivity index (χ2v) is 7.62. The molecule has 2 aliphatic carbocycles. The molecule has 27 heavy (non-hydrogen) atoms. The van der Waals surface area contributed by atoms with Crippen LogP contribution >= 0.6 is 0 Å². The van der Waals surface area contributed by atoms with Crippen molar-refractivity contribution in [3.8, 4) is 16.9 Å². The lowest BCUT2D eigenvalue weighted by molar-refractivity contribution is -0.119. The fourth-order valence-corrected chi connectivity index (χ4v) is 4.43. The number of carbonyl (C=O) groups excluding carboxylic acids is 2. The summed E-state index contributed by atoms with van der Waals surface area (Å²) in [4.78, 5) is 23.6. The average Bonchev–Trinajstić information content (AvgIpc) is 3.30. The van der Waals surface area contributed by atoms with E-state index in [1.54, 1.807) is 6.07 Å². The minimum absolute atomic E-state index is 0.00414. The van der Waals surface area contributed by atoms with Crippen molar-refractivity contribution in [2.45, 2.75) is 31.7 Å². The molecule has 4 rings (SSSR count). The summed E-state index contributed by atoms with van der Waals surface area (Å²) in [6, 6.07) is 15.3. The van der Waals surface area contributed by atoms with Gasteiger partial charge in [-0.05, 0) is 66.5 Å². The van der Waals surface area contributed by atoms with E-state index in [1.807, 2.05) is 42.5 Å². The van der Waals surface area contributed by atoms with Crippen molar-refractivity contribution in [2.75, 3.05) is 6.61 Å². The number of amides is 2. The van der Waals surface area contributed by atoms with Crippen molar-refractivity contribution in [2.24, 2.45) is 17.6 Å². The van der Waals surface area contributed by atoms with Gasteiger partial charge in [0.15, 0.2) is 6.61 Å². The molecule has 2 aliphatic rings. The van der Waals surface area contributed by atoms with Gasteiger partial charge in [0.1, 0.15) is 5.75 Å². The van der Waals surface area contributed by atoms with Crippen LogP contribution in [-0.4, -0.2) is 24.5 Å². The van der Waals surface area contributed by atoms with Crippen molar-refractivity contribution >= 4 is 11.8 Å². The molecular formula is C22H24N2O3. The Balaban J connectivity index is 1.48. The van der Waals surface area contributed by atoms with Crippen LogP contribution in [-0.2, 0) is 4.79 Å². The summed E-state index contributed by atoms with van der Waals surface area (Å²) in [7, 11) is 0. The molecular weight excluding hydrogens is 340 g/mol. The lowest BCUT2D eigenvalue weighted by atomic mass is 9.95. The molecule has 0 aliphatic heterocycles. The molecule has 3 atom stereocenters. The Kier molecular flexibility index (Phi) is 4.84. The molecule has 0 saturated heterocycles. The Morgan fingerprint density at radius 2 is 1.81 bits per heavy atom. The van der Waals surface area contributed by atoms with Gasteiger partial charge in [0, 0.05) is 11.6 Å². The molecule has 0 aromatic heterocycles. The van der Waals surface area contributed by atoms with Crippen LogP contribution in [0.2, 0.25) is 0 Å². The Hall–Kier alpha value is -2.82. The van der Waals surface area contributed by atoms with Crippen molar-refractivity contribution in [3.63, 3.8) is 0 Å². The van der Waals surface area contributed by atoms with E-state index in [9.17, 15) is 9.59 Å². The zero-order chi connectivity index (χ0) is 18.8. The summed E-state index contributed by atoms with van der Waals surface area (Å²) in [5.41, 5.74) is 7.64. The standard InChI is InChI=1S/C22H24N2O3/c23-21(25)13-27-19-6-2-4-16(12-19)15-3-1-5-18(11-15)22(26)24-20-10-14-7-8-17(20)9-14/h1-6,11-12,14,17,20H,7-10,13H2,(H2,23,25)(H,24,26)/t14-,17+,20-/m1/s1. The summed E-state index contributed by atoms with van der Waals surface area (Å²) in [6.07, 6.45) is 4.95. The number of rotatable bonds is 6. The van der Waals surface area contributed by atoms with Crippen LogP contribution in [0.4, 0.5) is 0 Å². The fourth-order valence-electron chi connectivity index (χ4n) is 4.43. The summed E-state index contributed by atoms with van der Waals surface area (Å²) < 4.78 is 5.37. The van der Waals surface area contributed by atoms with Gasteiger partial charge in [0.05, 0.1) is 0 Å². The van der Waals surface area contributed by atoms with E-state index < -0.39 is 5.91 Å². The summed E-state index contributed by atoms with van der Waals surface area (Å²) >= 11 is 0. The molecule has 2 bridgehead atoms. The minimum atomic E-state index is -0.514. The summed E-state index contributed by atoms with van der Waals surface area (Å²) in [5, 5.41) is 3.23. The number of carbonyl (C=O) groups is 2. The Morgan fingerprint density at radius 3 is 2.52 bits per heavy atom. The first-order valence-corrected chi connectivity index (χ1v) is 9.51. The predicted molar refractivity (Wildman–Crippen MR) is 103 cm³/mol. The molecule has 2 amide bonds. The van der Waals surface area contributed by atoms with Gasteiger partial charge in [0.25, 0.3) is 11.8 Å². The van der Waals surface area contributed by atoms with E-state index in [0.29, 0.717) is 23.3 Å². The normalized spacial score (nSPS) is 23.2. The maximum atomic E-state index is 12.7. The van der Waals surface area contributed by atoms with Crippen molar-refractivity contribution in [1.82, 2.24) is 5.32 Å². The summed E-state index contributed by atoms with van der Waals surface area (Å²) in [6.45, 7) is -0.157. The highest BCUT2D eigenvalue weighted by Crippen LogP contribution is 2.44. The molecule has 0 spiro atoms. The van der Waals surface area contributed by atoms with Gasteiger partial charge < -0.3 is 15.8 Å². The number of hydrogen-bond acceptors (Lipinski definition) is 3. The van der Waals surface area contributed by atoms with E-state index >= 15 is 0 Å². The van der Waals surface area contributed by atoms with Crippen LogP contribution in [0, 0.1) is 11.8 Å². The van der Waals surface area contributed by atoms with Crippen LogP contribution in [0.5, 0.6) is 5.75 Å². The molecule has 140 valence electrons. The quantitative estimate of drug-likeness (QED) is 0.826. The first-order chi connectivity index (χ1) is 13.1. The number of fused-ring (bicyclic) bond motifs is 2. The highest BCUT2D eigenvalue weighted by Gasteiger charge is 2.40. The number of primary amides is 1. The van der Waals surface area contributed by atoms with Crippen LogP contribution in [0.3, 0.4) is 0 Å². The first kappa shape index (κ1) is 17.6. The second kappa shape index (κ2) is 7.43. The van der Waals surface area contributed by atoms with Gasteiger partial charge in [-0.15, -0.1) is 0 Å². The third kappa shape index (κ3) is 3.97. The minimum Gasteiger partial charge on any atom is -0.484 e. The molecule has 2 saturated carbocycles.